The minimum absolute atomic E-state index is 0.126. The molecule has 104 valence electrons. The van der Waals surface area contributed by atoms with Crippen molar-refractivity contribution in [2.24, 2.45) is 0 Å². The Bertz CT molecular complexity index is 694. The first-order chi connectivity index (χ1) is 9.38. The van der Waals surface area contributed by atoms with E-state index < -0.39 is 33.8 Å². The molecule has 0 N–H and O–H groups in total. The second kappa shape index (κ2) is 5.49. The van der Waals surface area contributed by atoms with Gasteiger partial charge in [-0.2, -0.15) is 4.39 Å². The summed E-state index contributed by atoms with van der Waals surface area (Å²) in [6.07, 6.45) is 0. The van der Waals surface area contributed by atoms with Crippen LogP contribution in [0.4, 0.5) is 18.9 Å². The van der Waals surface area contributed by atoms with Crippen molar-refractivity contribution in [2.45, 2.75) is 0 Å². The lowest BCUT2D eigenvalue weighted by molar-refractivity contribution is -0.388. The summed E-state index contributed by atoms with van der Waals surface area (Å²) in [6.45, 7) is 0. The highest BCUT2D eigenvalue weighted by Crippen LogP contribution is 2.35. The number of nitrogens with zero attached hydrogens (tertiary/aromatic N) is 1. The number of hydrogen-bond acceptors (Lipinski definition) is 3. The monoisotopic (exact) mass is 347 g/mol. The largest absolute Gasteiger partial charge is 0.450 e. The molecule has 0 aliphatic rings. The number of hydrogen-bond donors (Lipinski definition) is 0. The molecule has 20 heavy (non-hydrogen) atoms. The lowest BCUT2D eigenvalue weighted by Gasteiger charge is -2.07. The highest BCUT2D eigenvalue weighted by Gasteiger charge is 2.24. The number of rotatable bonds is 3. The molecule has 0 unspecified atom stereocenters. The Labute approximate surface area is 119 Å². The molecule has 4 nitrogen and oxygen atoms in total. The predicted octanol–water partition coefficient (Wildman–Crippen LogP) is 4.57. The van der Waals surface area contributed by atoms with Crippen LogP contribution in [0.3, 0.4) is 0 Å². The zero-order chi connectivity index (χ0) is 14.9. The fourth-order valence-corrected chi connectivity index (χ4v) is 1.71. The van der Waals surface area contributed by atoms with Crippen molar-refractivity contribution in [3.05, 3.63) is 62.4 Å². The van der Waals surface area contributed by atoms with Crippen LogP contribution < -0.4 is 4.74 Å². The molecule has 0 bridgehead atoms. The van der Waals surface area contributed by atoms with Crippen LogP contribution in [0.1, 0.15) is 0 Å². The van der Waals surface area contributed by atoms with Gasteiger partial charge in [0.15, 0.2) is 0 Å². The van der Waals surface area contributed by atoms with Crippen molar-refractivity contribution < 1.29 is 22.8 Å². The lowest BCUT2D eigenvalue weighted by Crippen LogP contribution is -1.98. The van der Waals surface area contributed by atoms with Gasteiger partial charge in [0.05, 0.1) is 9.40 Å². The van der Waals surface area contributed by atoms with E-state index in [1.807, 2.05) is 0 Å². The van der Waals surface area contributed by atoms with Crippen LogP contribution in [-0.4, -0.2) is 4.92 Å². The maximum absolute atomic E-state index is 13.4. The Balaban J connectivity index is 2.47. The van der Waals surface area contributed by atoms with E-state index in [2.05, 4.69) is 15.9 Å². The van der Waals surface area contributed by atoms with Crippen LogP contribution in [0.15, 0.2) is 34.8 Å². The third-order valence-corrected chi connectivity index (χ3v) is 2.94. The summed E-state index contributed by atoms with van der Waals surface area (Å²) in [7, 11) is 0. The maximum Gasteiger partial charge on any atom is 0.347 e. The van der Waals surface area contributed by atoms with Crippen molar-refractivity contribution >= 4 is 21.6 Å². The van der Waals surface area contributed by atoms with E-state index in [-0.39, 0.29) is 10.2 Å². The molecule has 0 saturated carbocycles. The van der Waals surface area contributed by atoms with E-state index >= 15 is 0 Å². The third kappa shape index (κ3) is 2.90. The van der Waals surface area contributed by atoms with Gasteiger partial charge >= 0.3 is 5.69 Å². The highest BCUT2D eigenvalue weighted by atomic mass is 79.9. The van der Waals surface area contributed by atoms with E-state index in [0.717, 1.165) is 6.07 Å². The SMILES string of the molecule is O=[N+]([O-])c1c(F)cc(F)cc1Oc1ccc(Br)c(F)c1. The zero-order valence-corrected chi connectivity index (χ0v) is 11.2. The van der Waals surface area contributed by atoms with Gasteiger partial charge in [-0.05, 0) is 28.1 Å². The van der Waals surface area contributed by atoms with Crippen LogP contribution in [0, 0.1) is 27.6 Å². The second-order valence-electron chi connectivity index (χ2n) is 3.67. The molecule has 0 fully saturated rings. The van der Waals surface area contributed by atoms with Gasteiger partial charge in [-0.25, -0.2) is 8.78 Å². The number of benzene rings is 2. The fraction of sp³-hybridized carbons (Fsp3) is 0. The number of ether oxygens (including phenoxy) is 1. The van der Waals surface area contributed by atoms with Crippen molar-refractivity contribution in [1.82, 2.24) is 0 Å². The molecule has 0 amide bonds. The van der Waals surface area contributed by atoms with Gasteiger partial charge in [0.25, 0.3) is 0 Å². The first kappa shape index (κ1) is 14.3. The molecule has 0 heterocycles. The first-order valence-electron chi connectivity index (χ1n) is 5.15. The Hall–Kier alpha value is -2.09. The van der Waals surface area contributed by atoms with E-state index in [9.17, 15) is 23.3 Å². The average Bonchev–Trinajstić information content (AvgIpc) is 2.32. The standard InChI is InChI=1S/C12H5BrF3NO3/c13-8-2-1-7(5-9(8)15)20-11-4-6(14)3-10(16)12(11)17(18)19/h1-5H. The Morgan fingerprint density at radius 1 is 1.10 bits per heavy atom. The zero-order valence-electron chi connectivity index (χ0n) is 9.57. The first-order valence-corrected chi connectivity index (χ1v) is 5.94. The van der Waals surface area contributed by atoms with Crippen LogP contribution >= 0.6 is 15.9 Å². The molecular weight excluding hydrogens is 343 g/mol. The van der Waals surface area contributed by atoms with E-state index in [1.54, 1.807) is 0 Å². The summed E-state index contributed by atoms with van der Waals surface area (Å²) in [4.78, 5) is 9.70. The highest BCUT2D eigenvalue weighted by molar-refractivity contribution is 9.10. The molecule has 0 aliphatic carbocycles. The van der Waals surface area contributed by atoms with Gasteiger partial charge < -0.3 is 4.74 Å². The fourth-order valence-electron chi connectivity index (χ4n) is 1.46. The van der Waals surface area contributed by atoms with E-state index in [4.69, 9.17) is 4.74 Å². The maximum atomic E-state index is 13.4. The van der Waals surface area contributed by atoms with Crippen LogP contribution in [-0.2, 0) is 0 Å². The Morgan fingerprint density at radius 2 is 1.80 bits per heavy atom. The smallest absolute Gasteiger partial charge is 0.347 e. The minimum Gasteiger partial charge on any atom is -0.450 e. The van der Waals surface area contributed by atoms with Crippen molar-refractivity contribution in [3.8, 4) is 11.5 Å². The van der Waals surface area contributed by atoms with Gasteiger partial charge in [0, 0.05) is 18.2 Å². The van der Waals surface area contributed by atoms with Crippen molar-refractivity contribution in [1.29, 1.82) is 0 Å². The topological polar surface area (TPSA) is 52.4 Å². The molecular formula is C12H5BrF3NO3. The number of nitro benzene ring substituents is 1. The lowest BCUT2D eigenvalue weighted by atomic mass is 10.2. The number of nitro groups is 1. The molecule has 0 spiro atoms. The molecule has 0 saturated heterocycles. The van der Waals surface area contributed by atoms with E-state index in [1.165, 1.54) is 12.1 Å². The number of halogens is 4. The van der Waals surface area contributed by atoms with Crippen LogP contribution in [0.25, 0.3) is 0 Å². The predicted molar refractivity (Wildman–Crippen MR) is 67.2 cm³/mol. The van der Waals surface area contributed by atoms with Gasteiger partial charge in [-0.1, -0.05) is 0 Å². The normalized spacial score (nSPS) is 10.4. The van der Waals surface area contributed by atoms with Crippen LogP contribution in [0.2, 0.25) is 0 Å². The Morgan fingerprint density at radius 3 is 2.40 bits per heavy atom. The summed E-state index contributed by atoms with van der Waals surface area (Å²) < 4.78 is 44.9. The van der Waals surface area contributed by atoms with E-state index in [0.29, 0.717) is 12.1 Å². The van der Waals surface area contributed by atoms with Crippen molar-refractivity contribution in [2.75, 3.05) is 0 Å². The minimum atomic E-state index is -1.37. The molecule has 0 radical (unpaired) electrons. The molecule has 8 heteroatoms. The summed E-state index contributed by atoms with van der Waals surface area (Å²) >= 11 is 2.92. The van der Waals surface area contributed by atoms with Crippen molar-refractivity contribution in [3.63, 3.8) is 0 Å². The van der Waals surface area contributed by atoms with Crippen LogP contribution in [0.5, 0.6) is 11.5 Å². The van der Waals surface area contributed by atoms with Gasteiger partial charge in [-0.15, -0.1) is 0 Å². The molecule has 2 rings (SSSR count). The summed E-state index contributed by atoms with van der Waals surface area (Å²) in [5.41, 5.74) is -1.02. The molecule has 2 aromatic rings. The van der Waals surface area contributed by atoms with Gasteiger partial charge in [0.1, 0.15) is 17.4 Å². The Kier molecular flexibility index (Phi) is 3.93. The molecule has 0 aromatic heterocycles. The molecule has 0 atom stereocenters. The van der Waals surface area contributed by atoms with Gasteiger partial charge in [0.2, 0.25) is 11.6 Å². The molecule has 0 aliphatic heterocycles. The quantitative estimate of drug-likeness (QED) is 0.603. The summed E-state index contributed by atoms with van der Waals surface area (Å²) in [6, 6.07) is 4.54. The third-order valence-electron chi connectivity index (χ3n) is 2.29. The summed E-state index contributed by atoms with van der Waals surface area (Å²) in [5.74, 6) is -3.86. The summed E-state index contributed by atoms with van der Waals surface area (Å²) in [5, 5.41) is 10.7. The molecule has 2 aromatic carbocycles. The average molecular weight is 348 g/mol. The second-order valence-corrected chi connectivity index (χ2v) is 4.52. The van der Waals surface area contributed by atoms with Gasteiger partial charge in [-0.3, -0.25) is 10.1 Å².